The molecule has 0 spiro atoms. The summed E-state index contributed by atoms with van der Waals surface area (Å²) in [4.78, 5) is 17.4. The summed E-state index contributed by atoms with van der Waals surface area (Å²) in [6, 6.07) is 8.11. The van der Waals surface area contributed by atoms with E-state index in [1.807, 2.05) is 4.90 Å². The molecule has 3 aromatic rings. The third-order valence-corrected chi connectivity index (χ3v) is 6.13. The van der Waals surface area contributed by atoms with Gasteiger partial charge in [0.25, 0.3) is 5.91 Å². The number of nitrogens with one attached hydrogen (secondary N) is 1. The highest BCUT2D eigenvalue weighted by molar-refractivity contribution is 5.91. The van der Waals surface area contributed by atoms with E-state index in [2.05, 4.69) is 4.98 Å². The van der Waals surface area contributed by atoms with Crippen molar-refractivity contribution >= 4 is 16.8 Å². The minimum atomic E-state index is -0.662. The highest BCUT2D eigenvalue weighted by Gasteiger charge is 2.35. The third-order valence-electron chi connectivity index (χ3n) is 6.13. The summed E-state index contributed by atoms with van der Waals surface area (Å²) in [5.41, 5.74) is 2.38. The Morgan fingerprint density at radius 2 is 1.87 bits per heavy atom. The van der Waals surface area contributed by atoms with E-state index in [1.165, 1.54) is 18.2 Å². The van der Waals surface area contributed by atoms with Gasteiger partial charge in [-0.2, -0.15) is 0 Å². The summed E-state index contributed by atoms with van der Waals surface area (Å²) in [6.07, 6.45) is 1.81. The Balaban J connectivity index is 1.48. The van der Waals surface area contributed by atoms with Crippen molar-refractivity contribution in [2.45, 2.75) is 25.4 Å². The molecule has 2 aromatic carbocycles. The highest BCUT2D eigenvalue weighted by Crippen LogP contribution is 2.36. The molecule has 1 aromatic heterocycles. The fourth-order valence-corrected chi connectivity index (χ4v) is 4.47. The summed E-state index contributed by atoms with van der Waals surface area (Å²) in [6.45, 7) is 1.87. The number of likely N-dealkylation sites (tertiary alicyclic amines) is 1. The molecule has 2 aliphatic rings. The number of carbonyl (C=O) groups excluding carboxylic acids is 1. The second kappa shape index (κ2) is 7.47. The fraction of sp³-hybridized carbons (Fsp3) is 0.348. The Morgan fingerprint density at radius 3 is 2.57 bits per heavy atom. The van der Waals surface area contributed by atoms with Crippen LogP contribution in [0.5, 0.6) is 0 Å². The van der Waals surface area contributed by atoms with Crippen molar-refractivity contribution in [3.63, 3.8) is 0 Å². The van der Waals surface area contributed by atoms with E-state index in [-0.39, 0.29) is 29.3 Å². The molecule has 0 radical (unpaired) electrons. The number of aromatic amines is 1. The molecule has 2 atom stereocenters. The van der Waals surface area contributed by atoms with Gasteiger partial charge in [-0.15, -0.1) is 0 Å². The Hall–Kier alpha value is -2.80. The number of halogens is 3. The number of hydrogen-bond donors (Lipinski definition) is 1. The second-order valence-corrected chi connectivity index (χ2v) is 8.09. The van der Waals surface area contributed by atoms with Gasteiger partial charge in [-0.25, -0.2) is 13.2 Å². The minimum Gasteiger partial charge on any atom is -0.368 e. The lowest BCUT2D eigenvalue weighted by Crippen LogP contribution is -2.44. The molecular weight excluding hydrogens is 393 g/mol. The normalized spacial score (nSPS) is 21.2. The van der Waals surface area contributed by atoms with E-state index in [1.54, 1.807) is 12.1 Å². The van der Waals surface area contributed by atoms with E-state index in [0.717, 1.165) is 24.5 Å². The minimum absolute atomic E-state index is 0.0264. The van der Waals surface area contributed by atoms with Gasteiger partial charge < -0.3 is 14.6 Å². The van der Waals surface area contributed by atoms with Crippen molar-refractivity contribution < 1.29 is 22.7 Å². The molecule has 1 N–H and O–H groups in total. The van der Waals surface area contributed by atoms with Crippen molar-refractivity contribution in [2.75, 3.05) is 19.7 Å². The molecule has 2 aliphatic heterocycles. The number of amides is 1. The van der Waals surface area contributed by atoms with E-state index in [0.29, 0.717) is 42.8 Å². The first-order valence-electron chi connectivity index (χ1n) is 10.2. The molecule has 30 heavy (non-hydrogen) atoms. The number of rotatable bonds is 4. The average Bonchev–Trinajstić information content (AvgIpc) is 3.27. The van der Waals surface area contributed by atoms with Crippen LogP contribution < -0.4 is 0 Å². The second-order valence-electron chi connectivity index (χ2n) is 8.09. The van der Waals surface area contributed by atoms with Crippen molar-refractivity contribution in [2.24, 2.45) is 5.92 Å². The number of nitrogens with zero attached hydrogens (tertiary/aromatic N) is 1. The number of aromatic nitrogens is 1. The zero-order chi connectivity index (χ0) is 20.8. The molecule has 5 rings (SSSR count). The molecule has 2 saturated heterocycles. The van der Waals surface area contributed by atoms with Gasteiger partial charge in [0.05, 0.1) is 12.1 Å². The number of benzene rings is 2. The first-order chi connectivity index (χ1) is 14.5. The van der Waals surface area contributed by atoms with Crippen molar-refractivity contribution in [1.29, 1.82) is 0 Å². The van der Waals surface area contributed by atoms with Crippen LogP contribution in [-0.2, 0) is 16.0 Å². The number of fused-ring (bicyclic) bond motifs is 1. The lowest BCUT2D eigenvalue weighted by atomic mass is 9.94. The Labute approximate surface area is 171 Å². The molecule has 4 nitrogen and oxygen atoms in total. The van der Waals surface area contributed by atoms with Crippen LogP contribution in [0.1, 0.15) is 18.4 Å². The summed E-state index contributed by atoms with van der Waals surface area (Å²) in [5.74, 6) is -1.48. The van der Waals surface area contributed by atoms with Gasteiger partial charge in [-0.05, 0) is 60.2 Å². The van der Waals surface area contributed by atoms with Gasteiger partial charge in [0.2, 0.25) is 0 Å². The van der Waals surface area contributed by atoms with Crippen LogP contribution in [0, 0.1) is 23.4 Å². The maximum atomic E-state index is 14.4. The molecule has 2 fully saturated rings. The van der Waals surface area contributed by atoms with Crippen LogP contribution in [0.15, 0.2) is 36.4 Å². The number of carbonyl (C=O) groups is 1. The zero-order valence-corrected chi connectivity index (χ0v) is 16.3. The molecule has 1 amide bonds. The van der Waals surface area contributed by atoms with Crippen LogP contribution in [0.2, 0.25) is 0 Å². The molecule has 3 heterocycles. The van der Waals surface area contributed by atoms with Crippen molar-refractivity contribution in [3.05, 3.63) is 59.4 Å². The Kier molecular flexibility index (Phi) is 4.77. The van der Waals surface area contributed by atoms with Gasteiger partial charge in [0, 0.05) is 36.7 Å². The third kappa shape index (κ3) is 3.37. The predicted octanol–water partition coefficient (Wildman–Crippen LogP) is 4.43. The summed E-state index contributed by atoms with van der Waals surface area (Å²) in [5, 5.41) is 0.485. The monoisotopic (exact) mass is 414 g/mol. The fourth-order valence-electron chi connectivity index (χ4n) is 4.47. The predicted molar refractivity (Wildman–Crippen MR) is 106 cm³/mol. The average molecular weight is 414 g/mol. The quantitative estimate of drug-likeness (QED) is 0.687. The van der Waals surface area contributed by atoms with Crippen molar-refractivity contribution in [1.82, 2.24) is 9.88 Å². The number of ether oxygens (including phenoxy) is 1. The summed E-state index contributed by atoms with van der Waals surface area (Å²) < 4.78 is 47.1. The van der Waals surface area contributed by atoms with Crippen molar-refractivity contribution in [3.8, 4) is 11.3 Å². The maximum Gasteiger partial charge on any atom is 0.251 e. The topological polar surface area (TPSA) is 45.3 Å². The van der Waals surface area contributed by atoms with Gasteiger partial charge in [-0.3, -0.25) is 4.79 Å². The molecule has 0 bridgehead atoms. The van der Waals surface area contributed by atoms with Gasteiger partial charge in [0.1, 0.15) is 23.6 Å². The number of hydrogen-bond acceptors (Lipinski definition) is 2. The van der Waals surface area contributed by atoms with Crippen LogP contribution >= 0.6 is 0 Å². The smallest absolute Gasteiger partial charge is 0.251 e. The largest absolute Gasteiger partial charge is 0.368 e. The molecule has 0 saturated carbocycles. The zero-order valence-electron chi connectivity index (χ0n) is 16.3. The molecule has 2 unspecified atom stereocenters. The summed E-state index contributed by atoms with van der Waals surface area (Å²) >= 11 is 0. The number of H-pyrrole nitrogens is 1. The van der Waals surface area contributed by atoms with E-state index >= 15 is 0 Å². The lowest BCUT2D eigenvalue weighted by molar-refractivity contribution is -0.155. The summed E-state index contributed by atoms with van der Waals surface area (Å²) in [7, 11) is 0. The van der Waals surface area contributed by atoms with Crippen LogP contribution in [0.3, 0.4) is 0 Å². The van der Waals surface area contributed by atoms with Gasteiger partial charge >= 0.3 is 0 Å². The SMILES string of the molecule is O=C(C1CCO1)N1CCC(Cc2c(-c3ccc(F)cc3)[nH]c3c(F)cc(F)cc23)C1. The molecular formula is C23H21F3N2O2. The maximum absolute atomic E-state index is 14.4. The molecule has 0 aliphatic carbocycles. The standard InChI is InChI=1S/C23H21F3N2O2/c24-15-3-1-14(2-4-15)21-17(18-10-16(25)11-19(26)22(18)27-21)9-13-5-7-28(12-13)23(29)20-6-8-30-20/h1-4,10-11,13,20,27H,5-9,12H2. The van der Waals surface area contributed by atoms with E-state index in [4.69, 9.17) is 4.74 Å². The van der Waals surface area contributed by atoms with E-state index in [9.17, 15) is 18.0 Å². The van der Waals surface area contributed by atoms with Crippen LogP contribution in [-0.4, -0.2) is 41.6 Å². The first kappa shape index (κ1) is 19.2. The van der Waals surface area contributed by atoms with Gasteiger partial charge in [0.15, 0.2) is 0 Å². The molecule has 7 heteroatoms. The van der Waals surface area contributed by atoms with E-state index < -0.39 is 11.6 Å². The van der Waals surface area contributed by atoms with Gasteiger partial charge in [-0.1, -0.05) is 0 Å². The Bertz CT molecular complexity index is 1110. The first-order valence-corrected chi connectivity index (χ1v) is 10.2. The lowest BCUT2D eigenvalue weighted by Gasteiger charge is -2.29. The molecule has 156 valence electrons. The highest BCUT2D eigenvalue weighted by atomic mass is 19.1. The van der Waals surface area contributed by atoms with Crippen LogP contribution in [0.25, 0.3) is 22.2 Å². The van der Waals surface area contributed by atoms with Crippen LogP contribution in [0.4, 0.5) is 13.2 Å². The Morgan fingerprint density at radius 1 is 1.10 bits per heavy atom.